The summed E-state index contributed by atoms with van der Waals surface area (Å²) in [6, 6.07) is 2.56. The Hall–Kier alpha value is 1.18. The van der Waals surface area contributed by atoms with Crippen LogP contribution in [0.4, 0.5) is 0 Å². The van der Waals surface area contributed by atoms with E-state index >= 15 is 0 Å². The van der Waals surface area contributed by atoms with E-state index in [0.717, 1.165) is 37.4 Å². The Morgan fingerprint density at radius 3 is 1.14 bits per heavy atom. The van der Waals surface area contributed by atoms with Crippen LogP contribution in [-0.4, -0.2) is 151 Å². The SMILES string of the molecule is C[SiH2]O[Si](C)(C)O[Si](OCO[Si](C)(C)CCCOCCO)(O[Si](C)(C)O[Si](C)(C)CCCOCCO)O[Si](C)(C)O[Si](C)(C)CCCOCCO. The lowest BCUT2D eigenvalue weighted by molar-refractivity contribution is -0.000859. The molecule has 0 heterocycles. The first-order chi connectivity index (χ1) is 23.5. The van der Waals surface area contributed by atoms with Gasteiger partial charge in [0, 0.05) is 19.8 Å². The average Bonchev–Trinajstić information content (AvgIpc) is 2.94. The van der Waals surface area contributed by atoms with Crippen LogP contribution in [0.1, 0.15) is 19.3 Å². The van der Waals surface area contributed by atoms with Gasteiger partial charge in [-0.3, -0.25) is 0 Å². The molecule has 0 aromatic carbocycles. The fraction of sp³-hybridized carbons (Fsp3) is 1.00. The molecule has 51 heavy (non-hydrogen) atoms. The molecule has 0 fully saturated rings. The van der Waals surface area contributed by atoms with Crippen molar-refractivity contribution in [2.75, 3.05) is 66.3 Å². The van der Waals surface area contributed by atoms with E-state index in [-0.39, 0.29) is 26.6 Å². The number of ether oxygens (including phenoxy) is 3. The first-order valence-electron chi connectivity index (χ1n) is 18.5. The molecular weight excluding hydrogens is 797 g/mol. The second kappa shape index (κ2) is 25.4. The molecule has 0 spiro atoms. The molecule has 0 aromatic rings. The van der Waals surface area contributed by atoms with Gasteiger partial charge in [0.05, 0.1) is 39.6 Å². The van der Waals surface area contributed by atoms with E-state index in [1.807, 2.05) is 39.3 Å². The summed E-state index contributed by atoms with van der Waals surface area (Å²) in [5.74, 6) is 0. The van der Waals surface area contributed by atoms with E-state index in [1.54, 1.807) is 0 Å². The summed E-state index contributed by atoms with van der Waals surface area (Å²) in [7, 11) is -20.3. The highest BCUT2D eigenvalue weighted by Gasteiger charge is 2.59. The van der Waals surface area contributed by atoms with Gasteiger partial charge in [-0.25, -0.2) is 0 Å². The standard InChI is InChI=1S/C29H76O14Si8/c1-44-38-48(8,9)41-51(37-29-36-45(2,3)26-14-20-33-23-17-30,42-49(10,11)39-46(4,5)27-15-21-34-24-18-31)43-50(12,13)40-47(6,7)28-16-22-35-25-19-32/h30-32H,14-29,44H2,1-13H3. The molecule has 0 unspecified atom stereocenters. The Kier molecular flexibility index (Phi) is 26.0. The number of hydrogen-bond donors (Lipinski definition) is 3. The first kappa shape index (κ1) is 52.2. The summed E-state index contributed by atoms with van der Waals surface area (Å²) in [5.41, 5.74) is 0. The van der Waals surface area contributed by atoms with Crippen LogP contribution in [0.15, 0.2) is 0 Å². The minimum atomic E-state index is -4.07. The minimum Gasteiger partial charge on any atom is -0.442 e. The maximum atomic E-state index is 9.06. The maximum Gasteiger partial charge on any atom is 0.654 e. The highest BCUT2D eigenvalue weighted by molar-refractivity contribution is 6.90. The van der Waals surface area contributed by atoms with Crippen molar-refractivity contribution in [3.8, 4) is 0 Å². The Bertz CT molecular complexity index is 861. The van der Waals surface area contributed by atoms with Crippen molar-refractivity contribution in [1.29, 1.82) is 0 Å². The molecule has 0 aliphatic carbocycles. The van der Waals surface area contributed by atoms with Crippen molar-refractivity contribution in [3.63, 3.8) is 0 Å². The van der Waals surface area contributed by atoms with Crippen LogP contribution < -0.4 is 0 Å². The van der Waals surface area contributed by atoms with E-state index in [2.05, 4.69) is 45.8 Å². The highest BCUT2D eigenvalue weighted by Crippen LogP contribution is 2.32. The molecule has 0 radical (unpaired) electrons. The van der Waals surface area contributed by atoms with E-state index in [9.17, 15) is 0 Å². The van der Waals surface area contributed by atoms with Gasteiger partial charge in [0.2, 0.25) is 0 Å². The summed E-state index contributed by atoms with van der Waals surface area (Å²) < 4.78 is 70.8. The second-order valence-electron chi connectivity index (χ2n) is 15.6. The largest absolute Gasteiger partial charge is 0.654 e. The molecule has 0 aliphatic heterocycles. The highest BCUT2D eigenvalue weighted by atomic mass is 28.5. The van der Waals surface area contributed by atoms with Crippen molar-refractivity contribution < 1.29 is 63.1 Å². The van der Waals surface area contributed by atoms with Crippen LogP contribution in [-0.2, 0) is 47.8 Å². The maximum absolute atomic E-state index is 9.06. The zero-order valence-electron chi connectivity index (χ0n) is 34.4. The molecule has 0 saturated carbocycles. The average molecular weight is 874 g/mol. The van der Waals surface area contributed by atoms with Gasteiger partial charge in [-0.15, -0.1) is 0 Å². The van der Waals surface area contributed by atoms with Gasteiger partial charge in [-0.1, -0.05) is 6.55 Å². The van der Waals surface area contributed by atoms with Gasteiger partial charge in [-0.2, -0.15) is 0 Å². The smallest absolute Gasteiger partial charge is 0.442 e. The molecule has 0 bridgehead atoms. The Morgan fingerprint density at radius 2 is 0.784 bits per heavy atom. The number of rotatable bonds is 34. The molecule has 3 N–H and O–H groups in total. The van der Waals surface area contributed by atoms with Gasteiger partial charge < -0.3 is 63.1 Å². The van der Waals surface area contributed by atoms with Crippen LogP contribution in [0.2, 0.25) is 103 Å². The molecule has 0 rings (SSSR count). The van der Waals surface area contributed by atoms with E-state index in [0.29, 0.717) is 39.6 Å². The van der Waals surface area contributed by atoms with Crippen molar-refractivity contribution in [1.82, 2.24) is 0 Å². The lowest BCUT2D eigenvalue weighted by Gasteiger charge is -2.45. The van der Waals surface area contributed by atoms with Gasteiger partial charge >= 0.3 is 34.7 Å². The molecule has 0 aromatic heterocycles. The third kappa shape index (κ3) is 27.4. The predicted octanol–water partition coefficient (Wildman–Crippen LogP) is 4.56. The fourth-order valence-corrected chi connectivity index (χ4v) is 35.0. The first-order valence-corrected chi connectivity index (χ1v) is 39.9. The summed E-state index contributed by atoms with van der Waals surface area (Å²) in [4.78, 5) is 0. The Balaban J connectivity index is 6.44. The van der Waals surface area contributed by atoms with Crippen LogP contribution in [0.5, 0.6) is 0 Å². The molecule has 14 nitrogen and oxygen atoms in total. The monoisotopic (exact) mass is 872 g/mol. The third-order valence-corrected chi connectivity index (χ3v) is 34.5. The lowest BCUT2D eigenvalue weighted by Crippen LogP contribution is -2.67. The van der Waals surface area contributed by atoms with Crippen LogP contribution in [0, 0.1) is 0 Å². The molecule has 0 atom stereocenters. The van der Waals surface area contributed by atoms with Crippen LogP contribution >= 0.6 is 0 Å². The van der Waals surface area contributed by atoms with Crippen molar-refractivity contribution in [2.24, 2.45) is 0 Å². The third-order valence-electron chi connectivity index (χ3n) is 7.24. The molecule has 0 amide bonds. The predicted molar refractivity (Wildman–Crippen MR) is 221 cm³/mol. The van der Waals surface area contributed by atoms with Gasteiger partial charge in [0.1, 0.15) is 16.6 Å². The quantitative estimate of drug-likeness (QED) is 0.0469. The number of hydrogen-bond acceptors (Lipinski definition) is 14. The van der Waals surface area contributed by atoms with Crippen LogP contribution in [0.25, 0.3) is 0 Å². The lowest BCUT2D eigenvalue weighted by atomic mass is 10.5. The molecule has 0 aliphatic rings. The minimum absolute atomic E-state index is 0.00590. The van der Waals surface area contributed by atoms with Crippen molar-refractivity contribution in [3.05, 3.63) is 0 Å². The molecule has 0 saturated heterocycles. The number of aliphatic hydroxyl groups is 3. The number of aliphatic hydroxyl groups excluding tert-OH is 3. The zero-order chi connectivity index (χ0) is 39.3. The second-order valence-corrected chi connectivity index (χ2v) is 43.5. The Labute approximate surface area is 320 Å². The van der Waals surface area contributed by atoms with Gasteiger partial charge in [0.25, 0.3) is 0 Å². The molecule has 22 heteroatoms. The molecule has 308 valence electrons. The normalized spacial score (nSPS) is 14.4. The summed E-state index contributed by atoms with van der Waals surface area (Å²) in [6.07, 6.45) is 2.46. The zero-order valence-corrected chi connectivity index (χ0v) is 42.8. The molecular formula is C29H76O14Si8. The van der Waals surface area contributed by atoms with Gasteiger partial charge in [0.15, 0.2) is 25.0 Å². The van der Waals surface area contributed by atoms with Crippen molar-refractivity contribution in [2.45, 2.75) is 123 Å². The summed E-state index contributed by atoms with van der Waals surface area (Å²) in [5, 5.41) is 27.1. The van der Waals surface area contributed by atoms with Crippen molar-refractivity contribution >= 4 is 69.4 Å². The van der Waals surface area contributed by atoms with Gasteiger partial charge in [-0.05, 0) is 116 Å². The van der Waals surface area contributed by atoms with E-state index in [4.69, 9.17) is 63.1 Å². The fourth-order valence-electron chi connectivity index (χ4n) is 5.54. The Morgan fingerprint density at radius 1 is 0.431 bits per heavy atom. The topological polar surface area (TPSA) is 162 Å². The van der Waals surface area contributed by atoms with E-state index in [1.165, 1.54) is 0 Å². The summed E-state index contributed by atoms with van der Waals surface area (Å²) in [6.45, 7) is 29.7. The van der Waals surface area contributed by atoms with Crippen LogP contribution in [0.3, 0.4) is 0 Å². The van der Waals surface area contributed by atoms with E-state index < -0.39 is 69.4 Å². The summed E-state index contributed by atoms with van der Waals surface area (Å²) >= 11 is 0.